The highest BCUT2D eigenvalue weighted by Crippen LogP contribution is 2.42. The predicted molar refractivity (Wildman–Crippen MR) is 67.1 cm³/mol. The van der Waals surface area contributed by atoms with Crippen LogP contribution in [0.5, 0.6) is 0 Å². The Kier molecular flexibility index (Phi) is 2.33. The molecule has 80 valence electrons. The molecule has 16 heavy (non-hydrogen) atoms. The Balaban J connectivity index is 2.06. The van der Waals surface area contributed by atoms with Crippen LogP contribution < -0.4 is 0 Å². The van der Waals surface area contributed by atoms with Gasteiger partial charge in [-0.15, -0.1) is 0 Å². The van der Waals surface area contributed by atoms with E-state index >= 15 is 0 Å². The summed E-state index contributed by atoms with van der Waals surface area (Å²) in [6.07, 6.45) is 9.45. The second-order valence-corrected chi connectivity index (χ2v) is 5.30. The molecule has 0 aromatic rings. The molecule has 1 heterocycles. The van der Waals surface area contributed by atoms with Gasteiger partial charge in [-0.3, -0.25) is 4.99 Å². The lowest BCUT2D eigenvalue weighted by molar-refractivity contribution is 0.576. The Morgan fingerprint density at radius 1 is 1.44 bits per heavy atom. The Morgan fingerprint density at radius 3 is 3.12 bits per heavy atom. The molecule has 3 aliphatic rings. The van der Waals surface area contributed by atoms with Gasteiger partial charge in [0, 0.05) is 10.4 Å². The van der Waals surface area contributed by atoms with Crippen molar-refractivity contribution in [2.45, 2.75) is 19.3 Å². The lowest BCUT2D eigenvalue weighted by Gasteiger charge is -2.21. The summed E-state index contributed by atoms with van der Waals surface area (Å²) >= 11 is 3.51. The highest BCUT2D eigenvalue weighted by molar-refractivity contribution is 9.11. The fourth-order valence-corrected chi connectivity index (χ4v) is 3.07. The van der Waals surface area contributed by atoms with E-state index in [9.17, 15) is 0 Å². The maximum absolute atomic E-state index is 9.13. The molecule has 0 amide bonds. The molecular weight excluding hydrogens is 264 g/mol. The molecule has 0 N–H and O–H groups in total. The van der Waals surface area contributed by atoms with Crippen LogP contribution in [0.1, 0.15) is 19.3 Å². The second-order valence-electron chi connectivity index (χ2n) is 4.38. The molecule has 3 heteroatoms. The summed E-state index contributed by atoms with van der Waals surface area (Å²) < 4.78 is 1.12. The Bertz CT molecular complexity index is 503. The van der Waals surface area contributed by atoms with Crippen LogP contribution in [-0.4, -0.2) is 5.71 Å². The van der Waals surface area contributed by atoms with Crippen molar-refractivity contribution < 1.29 is 0 Å². The molecule has 0 unspecified atom stereocenters. The van der Waals surface area contributed by atoms with E-state index in [1.54, 1.807) is 0 Å². The minimum atomic E-state index is 0.0161. The zero-order valence-electron chi connectivity index (χ0n) is 8.78. The van der Waals surface area contributed by atoms with Gasteiger partial charge in [-0.25, -0.2) is 0 Å². The largest absolute Gasteiger partial charge is 0.256 e. The lowest BCUT2D eigenvalue weighted by Crippen LogP contribution is -2.14. The lowest BCUT2D eigenvalue weighted by atomic mass is 9.82. The topological polar surface area (TPSA) is 36.1 Å². The van der Waals surface area contributed by atoms with Gasteiger partial charge in [0.25, 0.3) is 0 Å². The number of halogens is 1. The van der Waals surface area contributed by atoms with Crippen LogP contribution in [0.15, 0.2) is 39.0 Å². The van der Waals surface area contributed by atoms with Gasteiger partial charge in [0.2, 0.25) is 0 Å². The van der Waals surface area contributed by atoms with Gasteiger partial charge < -0.3 is 0 Å². The number of hydrogen-bond donors (Lipinski definition) is 0. The molecule has 1 aliphatic heterocycles. The summed E-state index contributed by atoms with van der Waals surface area (Å²) in [7, 11) is 0. The van der Waals surface area contributed by atoms with E-state index in [4.69, 9.17) is 5.26 Å². The highest BCUT2D eigenvalue weighted by atomic mass is 79.9. The average Bonchev–Trinajstić information content (AvgIpc) is 2.67. The van der Waals surface area contributed by atoms with Crippen LogP contribution in [0.2, 0.25) is 0 Å². The minimum absolute atomic E-state index is 0.0161. The molecule has 3 rings (SSSR count). The maximum atomic E-state index is 9.13. The van der Waals surface area contributed by atoms with E-state index in [2.05, 4.69) is 39.1 Å². The summed E-state index contributed by atoms with van der Waals surface area (Å²) in [5, 5.41) is 9.13. The first-order valence-electron chi connectivity index (χ1n) is 5.56. The summed E-state index contributed by atoms with van der Waals surface area (Å²) in [5.41, 5.74) is 3.53. The third kappa shape index (κ3) is 1.41. The third-order valence-corrected chi connectivity index (χ3v) is 3.97. The van der Waals surface area contributed by atoms with Crippen molar-refractivity contribution in [2.75, 3.05) is 0 Å². The smallest absolute Gasteiger partial charge is 0.0884 e. The summed E-state index contributed by atoms with van der Waals surface area (Å²) in [4.78, 5) is 4.64. The van der Waals surface area contributed by atoms with E-state index in [1.165, 1.54) is 5.57 Å². The number of aliphatic imine (C=N–C) groups is 1. The van der Waals surface area contributed by atoms with Crippen molar-refractivity contribution in [2.24, 2.45) is 16.8 Å². The molecule has 0 saturated carbocycles. The number of rotatable bonds is 0. The van der Waals surface area contributed by atoms with Gasteiger partial charge in [-0.05, 0) is 37.0 Å². The molecule has 2 aliphatic carbocycles. The van der Waals surface area contributed by atoms with Crippen molar-refractivity contribution in [1.82, 2.24) is 0 Å². The van der Waals surface area contributed by atoms with Crippen LogP contribution in [0.3, 0.4) is 0 Å². The predicted octanol–water partition coefficient (Wildman–Crippen LogP) is 3.48. The quantitative estimate of drug-likeness (QED) is 0.666. The monoisotopic (exact) mass is 274 g/mol. The Morgan fingerprint density at radius 2 is 2.31 bits per heavy atom. The Labute approximate surface area is 103 Å². The number of allylic oxidation sites excluding steroid dienone is 6. The van der Waals surface area contributed by atoms with Crippen LogP contribution >= 0.6 is 15.9 Å². The molecule has 0 aromatic carbocycles. The van der Waals surface area contributed by atoms with Crippen molar-refractivity contribution in [1.29, 1.82) is 5.26 Å². The molecule has 0 spiro atoms. The van der Waals surface area contributed by atoms with Crippen LogP contribution in [0, 0.1) is 23.2 Å². The molecule has 0 aromatic heterocycles. The van der Waals surface area contributed by atoms with E-state index in [0.717, 1.165) is 35.2 Å². The van der Waals surface area contributed by atoms with E-state index in [0.29, 0.717) is 5.92 Å². The van der Waals surface area contributed by atoms with Crippen LogP contribution in [0.25, 0.3) is 0 Å². The highest BCUT2D eigenvalue weighted by Gasteiger charge is 2.34. The first kappa shape index (κ1) is 10.0. The summed E-state index contributed by atoms with van der Waals surface area (Å²) in [6.45, 7) is 0. The second kappa shape index (κ2) is 3.71. The standard InChI is InChI=1S/C13H11BrN2/c14-9-4-5-12-11(6-9)10-3-1-2-8(7-15)13(10)16-12/h4-6,8,11H,1-3H2/t8-,11-/m1/s1. The van der Waals surface area contributed by atoms with E-state index in [1.807, 2.05) is 6.08 Å². The SMILES string of the molecule is N#C[C@H]1CCCC2=C1N=C1C=CC(Br)=C[C@@H]12. The molecule has 0 saturated heterocycles. The number of fused-ring (bicyclic) bond motifs is 2. The molecule has 2 atom stereocenters. The van der Waals surface area contributed by atoms with Crippen molar-refractivity contribution in [3.05, 3.63) is 34.0 Å². The molecule has 0 bridgehead atoms. The van der Waals surface area contributed by atoms with Gasteiger partial charge in [-0.1, -0.05) is 22.0 Å². The zero-order valence-corrected chi connectivity index (χ0v) is 10.4. The van der Waals surface area contributed by atoms with Crippen LogP contribution in [0.4, 0.5) is 0 Å². The maximum Gasteiger partial charge on any atom is 0.0884 e. The first-order chi connectivity index (χ1) is 7.79. The van der Waals surface area contributed by atoms with Gasteiger partial charge in [-0.2, -0.15) is 5.26 Å². The molecule has 0 fully saturated rings. The van der Waals surface area contributed by atoms with Crippen molar-refractivity contribution >= 4 is 21.6 Å². The number of hydrogen-bond acceptors (Lipinski definition) is 2. The Hall–Kier alpha value is -1.14. The number of nitrogens with zero attached hydrogens (tertiary/aromatic N) is 2. The molecule has 0 radical (unpaired) electrons. The average molecular weight is 275 g/mol. The normalized spacial score (nSPS) is 31.5. The van der Waals surface area contributed by atoms with E-state index < -0.39 is 0 Å². The minimum Gasteiger partial charge on any atom is -0.256 e. The van der Waals surface area contributed by atoms with Gasteiger partial charge in [0.15, 0.2) is 0 Å². The van der Waals surface area contributed by atoms with E-state index in [-0.39, 0.29) is 5.92 Å². The fourth-order valence-electron chi connectivity index (χ4n) is 2.67. The zero-order chi connectivity index (χ0) is 11.1. The van der Waals surface area contributed by atoms with Gasteiger partial charge in [0.05, 0.1) is 23.4 Å². The van der Waals surface area contributed by atoms with Crippen molar-refractivity contribution in [3.8, 4) is 6.07 Å². The third-order valence-electron chi connectivity index (χ3n) is 3.44. The van der Waals surface area contributed by atoms with Crippen molar-refractivity contribution in [3.63, 3.8) is 0 Å². The number of nitriles is 1. The van der Waals surface area contributed by atoms with Gasteiger partial charge >= 0.3 is 0 Å². The molecular formula is C13H11BrN2. The summed E-state index contributed by atoms with van der Waals surface area (Å²) in [5.74, 6) is 0.341. The summed E-state index contributed by atoms with van der Waals surface area (Å²) in [6, 6.07) is 2.37. The first-order valence-corrected chi connectivity index (χ1v) is 6.35. The fraction of sp³-hybridized carbons (Fsp3) is 0.385. The van der Waals surface area contributed by atoms with Crippen LogP contribution in [-0.2, 0) is 0 Å². The molecule has 2 nitrogen and oxygen atoms in total. The van der Waals surface area contributed by atoms with Gasteiger partial charge in [0.1, 0.15) is 0 Å².